The van der Waals surface area contributed by atoms with Crippen molar-refractivity contribution in [3.8, 4) is 0 Å². The number of halogens is 1. The van der Waals surface area contributed by atoms with Crippen molar-refractivity contribution < 1.29 is 9.26 Å². The van der Waals surface area contributed by atoms with E-state index < -0.39 is 0 Å². The van der Waals surface area contributed by atoms with Gasteiger partial charge in [0.05, 0.1) is 0 Å². The fourth-order valence-corrected chi connectivity index (χ4v) is 3.21. The number of guanidine groups is 1. The van der Waals surface area contributed by atoms with Crippen LogP contribution in [-0.2, 0) is 11.3 Å². The Kier molecular flexibility index (Phi) is 11.8. The van der Waals surface area contributed by atoms with Crippen LogP contribution >= 0.6 is 24.0 Å². The normalized spacial score (nSPS) is 16.3. The average molecular weight is 479 g/mol. The first-order valence-corrected chi connectivity index (χ1v) is 9.69. The zero-order valence-electron chi connectivity index (χ0n) is 16.3. The van der Waals surface area contributed by atoms with Gasteiger partial charge in [-0.05, 0) is 39.5 Å². The molecule has 1 aromatic heterocycles. The van der Waals surface area contributed by atoms with Crippen molar-refractivity contribution in [2.45, 2.75) is 71.9 Å². The largest absolute Gasteiger partial charge is 0.371 e. The lowest BCUT2D eigenvalue weighted by molar-refractivity contribution is 0.0683. The van der Waals surface area contributed by atoms with E-state index in [4.69, 9.17) is 9.26 Å². The van der Waals surface area contributed by atoms with E-state index in [1.165, 1.54) is 38.5 Å². The molecule has 2 rings (SSSR count). The molecule has 1 fully saturated rings. The number of ether oxygens (including phenoxy) is 1. The molecule has 26 heavy (non-hydrogen) atoms. The molecule has 150 valence electrons. The van der Waals surface area contributed by atoms with E-state index in [9.17, 15) is 0 Å². The Hall–Kier alpha value is -0.900. The molecule has 1 aromatic rings. The number of nitrogens with zero attached hydrogens (tertiary/aromatic N) is 3. The molecule has 0 aliphatic heterocycles. The highest BCUT2D eigenvalue weighted by atomic mass is 127. The smallest absolute Gasteiger partial charge is 0.248 e. The van der Waals surface area contributed by atoms with Crippen LogP contribution in [0.3, 0.4) is 0 Å². The zero-order chi connectivity index (χ0) is 17.9. The highest BCUT2D eigenvalue weighted by molar-refractivity contribution is 14.0. The van der Waals surface area contributed by atoms with Gasteiger partial charge in [-0.3, -0.25) is 0 Å². The third kappa shape index (κ3) is 8.20. The summed E-state index contributed by atoms with van der Waals surface area (Å²) in [5.74, 6) is 2.81. The van der Waals surface area contributed by atoms with Gasteiger partial charge in [0.1, 0.15) is 12.6 Å². The summed E-state index contributed by atoms with van der Waals surface area (Å²) in [5.41, 5.74) is 0. The highest BCUT2D eigenvalue weighted by Gasteiger charge is 2.15. The van der Waals surface area contributed by atoms with Crippen molar-refractivity contribution in [2.24, 2.45) is 10.9 Å². The molecule has 0 aromatic carbocycles. The molecular weight excluding hydrogens is 445 g/mol. The van der Waals surface area contributed by atoms with Crippen LogP contribution in [0.5, 0.6) is 0 Å². The Balaban J connectivity index is 0.00000338. The Morgan fingerprint density at radius 2 is 2.08 bits per heavy atom. The van der Waals surface area contributed by atoms with Crippen LogP contribution in [-0.4, -0.2) is 35.8 Å². The monoisotopic (exact) mass is 479 g/mol. The maximum atomic E-state index is 5.47. The predicted molar refractivity (Wildman–Crippen MR) is 114 cm³/mol. The quantitative estimate of drug-likeness (QED) is 0.230. The molecule has 1 saturated carbocycles. The van der Waals surface area contributed by atoms with E-state index in [1.807, 2.05) is 13.8 Å². The Bertz CT molecular complexity index is 517. The van der Waals surface area contributed by atoms with E-state index >= 15 is 0 Å². The topological polar surface area (TPSA) is 84.6 Å². The number of hydrogen-bond acceptors (Lipinski definition) is 5. The molecule has 1 heterocycles. The molecular formula is C18H34IN5O2. The minimum Gasteiger partial charge on any atom is -0.371 e. The van der Waals surface area contributed by atoms with Crippen LogP contribution in [0.4, 0.5) is 0 Å². The third-order valence-corrected chi connectivity index (χ3v) is 4.54. The first-order valence-electron chi connectivity index (χ1n) is 9.69. The summed E-state index contributed by atoms with van der Waals surface area (Å²) < 4.78 is 10.7. The van der Waals surface area contributed by atoms with Gasteiger partial charge in [0.2, 0.25) is 5.89 Å². The van der Waals surface area contributed by atoms with Crippen LogP contribution in [0.25, 0.3) is 0 Å². The molecule has 7 nitrogen and oxygen atoms in total. The minimum atomic E-state index is -0.159. The van der Waals surface area contributed by atoms with E-state index in [0.717, 1.165) is 25.0 Å². The number of aliphatic imine (C=N–C) groups is 1. The summed E-state index contributed by atoms with van der Waals surface area (Å²) in [6.07, 6.45) is 7.99. The Labute approximate surface area is 174 Å². The summed E-state index contributed by atoms with van der Waals surface area (Å²) in [7, 11) is 0. The molecule has 2 N–H and O–H groups in total. The first kappa shape index (κ1) is 23.1. The number of rotatable bonds is 10. The molecule has 0 spiro atoms. The van der Waals surface area contributed by atoms with Gasteiger partial charge in [-0.1, -0.05) is 30.8 Å². The second-order valence-corrected chi connectivity index (χ2v) is 6.56. The molecule has 0 amide bonds. The van der Waals surface area contributed by atoms with Crippen molar-refractivity contribution in [3.05, 3.63) is 11.7 Å². The third-order valence-electron chi connectivity index (χ3n) is 4.54. The van der Waals surface area contributed by atoms with Gasteiger partial charge in [0, 0.05) is 19.7 Å². The maximum absolute atomic E-state index is 5.47. The molecule has 1 unspecified atom stereocenters. The van der Waals surface area contributed by atoms with Gasteiger partial charge in [-0.2, -0.15) is 4.98 Å². The van der Waals surface area contributed by atoms with Crippen molar-refractivity contribution in [1.82, 2.24) is 20.8 Å². The van der Waals surface area contributed by atoms with Gasteiger partial charge in [-0.25, -0.2) is 4.99 Å². The van der Waals surface area contributed by atoms with Crippen LogP contribution in [0.2, 0.25) is 0 Å². The number of aromatic nitrogens is 2. The standard InChI is InChI=1S/C18H33N5O2.HI/c1-4-19-18(20-12-8-11-15-9-6-7-10-15)21-13-16-22-17(23-25-16)14(3)24-5-2;/h14-15H,4-13H2,1-3H3,(H2,19,20,21);1H. The summed E-state index contributed by atoms with van der Waals surface area (Å²) >= 11 is 0. The van der Waals surface area contributed by atoms with E-state index in [0.29, 0.717) is 24.9 Å². The van der Waals surface area contributed by atoms with Gasteiger partial charge in [-0.15, -0.1) is 24.0 Å². The van der Waals surface area contributed by atoms with Crippen LogP contribution in [0.1, 0.15) is 77.1 Å². The molecule has 1 aliphatic carbocycles. The fraction of sp³-hybridized carbons (Fsp3) is 0.833. The molecule has 0 saturated heterocycles. The molecule has 1 aliphatic rings. The van der Waals surface area contributed by atoms with Crippen LogP contribution < -0.4 is 10.6 Å². The Morgan fingerprint density at radius 1 is 1.31 bits per heavy atom. The van der Waals surface area contributed by atoms with E-state index in [1.54, 1.807) is 0 Å². The summed E-state index contributed by atoms with van der Waals surface area (Å²) in [6.45, 7) is 8.68. The lowest BCUT2D eigenvalue weighted by Gasteiger charge is -2.12. The maximum Gasteiger partial charge on any atom is 0.248 e. The molecule has 1 atom stereocenters. The Morgan fingerprint density at radius 3 is 2.77 bits per heavy atom. The molecule has 0 radical (unpaired) electrons. The van der Waals surface area contributed by atoms with Crippen molar-refractivity contribution in [1.29, 1.82) is 0 Å². The minimum absolute atomic E-state index is 0. The summed E-state index contributed by atoms with van der Waals surface area (Å²) in [4.78, 5) is 8.87. The van der Waals surface area contributed by atoms with Crippen LogP contribution in [0, 0.1) is 5.92 Å². The van der Waals surface area contributed by atoms with Gasteiger partial charge >= 0.3 is 0 Å². The van der Waals surface area contributed by atoms with E-state index in [-0.39, 0.29) is 30.1 Å². The molecule has 0 bridgehead atoms. The predicted octanol–water partition coefficient (Wildman–Crippen LogP) is 3.81. The van der Waals surface area contributed by atoms with Crippen molar-refractivity contribution >= 4 is 29.9 Å². The number of nitrogens with one attached hydrogen (secondary N) is 2. The van der Waals surface area contributed by atoms with E-state index in [2.05, 4.69) is 32.7 Å². The lowest BCUT2D eigenvalue weighted by atomic mass is 10.0. The molecule has 8 heteroatoms. The number of hydrogen-bond donors (Lipinski definition) is 2. The second kappa shape index (κ2) is 13.3. The highest BCUT2D eigenvalue weighted by Crippen LogP contribution is 2.28. The summed E-state index contributed by atoms with van der Waals surface area (Å²) in [5, 5.41) is 10.6. The lowest BCUT2D eigenvalue weighted by Crippen LogP contribution is -2.37. The second-order valence-electron chi connectivity index (χ2n) is 6.56. The van der Waals surface area contributed by atoms with Gasteiger partial charge in [0.15, 0.2) is 11.8 Å². The van der Waals surface area contributed by atoms with Crippen molar-refractivity contribution in [2.75, 3.05) is 19.7 Å². The SMILES string of the molecule is CCNC(=NCc1nc(C(C)OCC)no1)NCCCC1CCCC1.I. The zero-order valence-corrected chi connectivity index (χ0v) is 18.6. The first-order chi connectivity index (χ1) is 12.2. The summed E-state index contributed by atoms with van der Waals surface area (Å²) in [6, 6.07) is 0. The van der Waals surface area contributed by atoms with Gasteiger partial charge < -0.3 is 19.9 Å². The fourth-order valence-electron chi connectivity index (χ4n) is 3.21. The average Bonchev–Trinajstić information content (AvgIpc) is 3.28. The van der Waals surface area contributed by atoms with Gasteiger partial charge in [0.25, 0.3) is 0 Å². The van der Waals surface area contributed by atoms with Crippen LogP contribution in [0.15, 0.2) is 9.52 Å². The van der Waals surface area contributed by atoms with Crippen molar-refractivity contribution in [3.63, 3.8) is 0 Å².